The Morgan fingerprint density at radius 1 is 1.20 bits per heavy atom. The Hall–Kier alpha value is -2.83. The number of likely N-dealkylation sites (tertiary alicyclic amines) is 1. The topological polar surface area (TPSA) is 73.8 Å². The van der Waals surface area contributed by atoms with Crippen LogP contribution in [0, 0.1) is 13.8 Å². The number of aryl methyl sites for hydroxylation is 2. The zero-order chi connectivity index (χ0) is 17.4. The van der Waals surface area contributed by atoms with E-state index in [4.69, 9.17) is 14.2 Å². The molecule has 1 aromatic carbocycles. The van der Waals surface area contributed by atoms with Crippen molar-refractivity contribution >= 4 is 5.91 Å². The molecule has 0 spiro atoms. The average Bonchev–Trinajstić information content (AvgIpc) is 3.21. The quantitative estimate of drug-likeness (QED) is 0.851. The van der Waals surface area contributed by atoms with E-state index in [1.54, 1.807) is 23.1 Å². The fourth-order valence-electron chi connectivity index (χ4n) is 3.14. The maximum atomic E-state index is 12.7. The largest absolute Gasteiger partial charge is 0.472 e. The summed E-state index contributed by atoms with van der Waals surface area (Å²) >= 11 is 0. The molecule has 0 aliphatic carbocycles. The number of amides is 1. The van der Waals surface area contributed by atoms with Gasteiger partial charge >= 0.3 is 0 Å². The lowest BCUT2D eigenvalue weighted by atomic mass is 10.2. The van der Waals surface area contributed by atoms with Crippen molar-refractivity contribution < 1.29 is 19.0 Å². The molecule has 0 N–H and O–H groups in total. The van der Waals surface area contributed by atoms with E-state index in [-0.39, 0.29) is 18.8 Å². The monoisotopic (exact) mass is 341 g/mol. The van der Waals surface area contributed by atoms with Crippen molar-refractivity contribution in [2.24, 2.45) is 0 Å². The molecule has 1 unspecified atom stereocenters. The Kier molecular flexibility index (Phi) is 3.91. The standard InChI is InChI=1S/C18H19N3O4/c1-11-7-17(20-12(2)19-11)25-14-5-6-21(9-14)18(22)13-3-4-15-16(8-13)24-10-23-15/h3-4,7-8,14H,5-6,9-10H2,1-2H3. The van der Waals surface area contributed by atoms with Gasteiger partial charge in [0, 0.05) is 30.3 Å². The predicted octanol–water partition coefficient (Wildman–Crippen LogP) is 2.12. The fraction of sp³-hybridized carbons (Fsp3) is 0.389. The van der Waals surface area contributed by atoms with Crippen LogP contribution in [0.25, 0.3) is 0 Å². The van der Waals surface area contributed by atoms with Crippen molar-refractivity contribution in [2.45, 2.75) is 26.4 Å². The van der Waals surface area contributed by atoms with E-state index in [1.165, 1.54) is 0 Å². The highest BCUT2D eigenvalue weighted by Gasteiger charge is 2.29. The van der Waals surface area contributed by atoms with Crippen molar-refractivity contribution in [3.8, 4) is 17.4 Å². The third-order valence-electron chi connectivity index (χ3n) is 4.28. The molecule has 7 nitrogen and oxygen atoms in total. The number of hydrogen-bond acceptors (Lipinski definition) is 6. The second kappa shape index (κ2) is 6.23. The summed E-state index contributed by atoms with van der Waals surface area (Å²) in [5.41, 5.74) is 1.47. The number of carbonyl (C=O) groups is 1. The maximum Gasteiger partial charge on any atom is 0.254 e. The van der Waals surface area contributed by atoms with Crippen LogP contribution in [-0.4, -0.2) is 46.8 Å². The minimum absolute atomic E-state index is 0.0283. The molecule has 2 aliphatic rings. The first-order valence-corrected chi connectivity index (χ1v) is 8.26. The second-order valence-corrected chi connectivity index (χ2v) is 6.24. The third kappa shape index (κ3) is 3.22. The summed E-state index contributed by atoms with van der Waals surface area (Å²) < 4.78 is 16.6. The summed E-state index contributed by atoms with van der Waals surface area (Å²) in [7, 11) is 0. The molecule has 4 rings (SSSR count). The Labute approximate surface area is 145 Å². The van der Waals surface area contributed by atoms with Crippen LogP contribution in [-0.2, 0) is 0 Å². The van der Waals surface area contributed by atoms with Crippen LogP contribution >= 0.6 is 0 Å². The van der Waals surface area contributed by atoms with Gasteiger partial charge in [0.05, 0.1) is 6.54 Å². The molecule has 2 aromatic rings. The van der Waals surface area contributed by atoms with Crippen LogP contribution in [0.2, 0.25) is 0 Å². The Morgan fingerprint density at radius 2 is 2.04 bits per heavy atom. The summed E-state index contributed by atoms with van der Waals surface area (Å²) in [6.07, 6.45) is 0.713. The van der Waals surface area contributed by atoms with Crippen molar-refractivity contribution in [3.05, 3.63) is 41.3 Å². The zero-order valence-corrected chi connectivity index (χ0v) is 14.2. The Balaban J connectivity index is 1.42. The highest BCUT2D eigenvalue weighted by atomic mass is 16.7. The minimum atomic E-state index is -0.0633. The number of ether oxygens (including phenoxy) is 3. The van der Waals surface area contributed by atoms with Gasteiger partial charge in [-0.15, -0.1) is 0 Å². The lowest BCUT2D eigenvalue weighted by Gasteiger charge is -2.17. The van der Waals surface area contributed by atoms with Gasteiger partial charge in [-0.1, -0.05) is 0 Å². The van der Waals surface area contributed by atoms with Gasteiger partial charge in [0.25, 0.3) is 5.91 Å². The van der Waals surface area contributed by atoms with Crippen LogP contribution in [0.5, 0.6) is 17.4 Å². The van der Waals surface area contributed by atoms with Gasteiger partial charge < -0.3 is 19.1 Å². The van der Waals surface area contributed by atoms with Gasteiger partial charge in [0.1, 0.15) is 11.9 Å². The second-order valence-electron chi connectivity index (χ2n) is 6.24. The SMILES string of the molecule is Cc1cc(OC2CCN(C(=O)c3ccc4c(c3)OCO4)C2)nc(C)n1. The molecule has 1 saturated heterocycles. The first kappa shape index (κ1) is 15.7. The number of nitrogens with zero attached hydrogens (tertiary/aromatic N) is 3. The van der Waals surface area contributed by atoms with Gasteiger partial charge in [-0.2, -0.15) is 4.98 Å². The van der Waals surface area contributed by atoms with E-state index in [0.717, 1.165) is 12.1 Å². The summed E-state index contributed by atoms with van der Waals surface area (Å²) in [5, 5.41) is 0. The average molecular weight is 341 g/mol. The minimum Gasteiger partial charge on any atom is -0.472 e. The van der Waals surface area contributed by atoms with Gasteiger partial charge in [-0.05, 0) is 32.0 Å². The van der Waals surface area contributed by atoms with Crippen molar-refractivity contribution in [1.29, 1.82) is 0 Å². The smallest absolute Gasteiger partial charge is 0.254 e. The molecule has 0 radical (unpaired) electrons. The molecular weight excluding hydrogens is 322 g/mol. The molecule has 2 aliphatic heterocycles. The van der Waals surface area contributed by atoms with Gasteiger partial charge in [-0.25, -0.2) is 4.98 Å². The molecule has 25 heavy (non-hydrogen) atoms. The molecule has 3 heterocycles. The predicted molar refractivity (Wildman–Crippen MR) is 89.0 cm³/mol. The zero-order valence-electron chi connectivity index (χ0n) is 14.2. The van der Waals surface area contributed by atoms with E-state index in [2.05, 4.69) is 9.97 Å². The summed E-state index contributed by atoms with van der Waals surface area (Å²) in [6.45, 7) is 5.14. The van der Waals surface area contributed by atoms with Crippen LogP contribution in [0.4, 0.5) is 0 Å². The summed E-state index contributed by atoms with van der Waals surface area (Å²) in [4.78, 5) is 23.0. The van der Waals surface area contributed by atoms with E-state index >= 15 is 0 Å². The first-order chi connectivity index (χ1) is 12.1. The lowest BCUT2D eigenvalue weighted by molar-refractivity contribution is 0.0770. The third-order valence-corrected chi connectivity index (χ3v) is 4.28. The van der Waals surface area contributed by atoms with Crippen molar-refractivity contribution in [3.63, 3.8) is 0 Å². The Morgan fingerprint density at radius 3 is 2.88 bits per heavy atom. The van der Waals surface area contributed by atoms with Crippen LogP contribution < -0.4 is 14.2 Å². The van der Waals surface area contributed by atoms with Gasteiger partial charge in [0.2, 0.25) is 12.7 Å². The maximum absolute atomic E-state index is 12.7. The molecule has 1 fully saturated rings. The van der Waals surface area contributed by atoms with Gasteiger partial charge in [-0.3, -0.25) is 4.79 Å². The summed E-state index contributed by atoms with van der Waals surface area (Å²) in [6, 6.07) is 7.08. The highest BCUT2D eigenvalue weighted by molar-refractivity contribution is 5.95. The molecule has 1 amide bonds. The molecule has 7 heteroatoms. The number of hydrogen-bond donors (Lipinski definition) is 0. The molecule has 1 atom stereocenters. The van der Waals surface area contributed by atoms with E-state index in [1.807, 2.05) is 19.9 Å². The number of aromatic nitrogens is 2. The van der Waals surface area contributed by atoms with Crippen LogP contribution in [0.3, 0.4) is 0 Å². The highest BCUT2D eigenvalue weighted by Crippen LogP contribution is 2.33. The van der Waals surface area contributed by atoms with Gasteiger partial charge in [0.15, 0.2) is 11.5 Å². The van der Waals surface area contributed by atoms with E-state index in [0.29, 0.717) is 41.9 Å². The number of rotatable bonds is 3. The van der Waals surface area contributed by atoms with Crippen molar-refractivity contribution in [2.75, 3.05) is 19.9 Å². The lowest BCUT2D eigenvalue weighted by Crippen LogP contribution is -2.31. The normalized spacial score (nSPS) is 18.5. The number of carbonyl (C=O) groups excluding carboxylic acids is 1. The van der Waals surface area contributed by atoms with Crippen LogP contribution in [0.15, 0.2) is 24.3 Å². The Bertz CT molecular complexity index is 804. The van der Waals surface area contributed by atoms with Crippen LogP contribution in [0.1, 0.15) is 28.3 Å². The van der Waals surface area contributed by atoms with Crippen molar-refractivity contribution in [1.82, 2.24) is 14.9 Å². The molecule has 0 bridgehead atoms. The molecule has 130 valence electrons. The molecular formula is C18H19N3O4. The van der Waals surface area contributed by atoms with E-state index < -0.39 is 0 Å². The number of benzene rings is 1. The fourth-order valence-corrected chi connectivity index (χ4v) is 3.14. The van der Waals surface area contributed by atoms with E-state index in [9.17, 15) is 4.79 Å². The summed E-state index contributed by atoms with van der Waals surface area (Å²) in [5.74, 6) is 2.51. The first-order valence-electron chi connectivity index (χ1n) is 8.26. The molecule has 0 saturated carbocycles. The molecule has 1 aromatic heterocycles. The number of fused-ring (bicyclic) bond motifs is 1.